The molecule has 2 fully saturated rings. The molecule has 2 aliphatic rings. The van der Waals surface area contributed by atoms with Crippen molar-refractivity contribution in [2.45, 2.75) is 76.3 Å². The van der Waals surface area contributed by atoms with Crippen LogP contribution in [0.3, 0.4) is 0 Å². The van der Waals surface area contributed by atoms with E-state index in [1.165, 1.54) is 0 Å². The summed E-state index contributed by atoms with van der Waals surface area (Å²) in [6.07, 6.45) is 20.8. The summed E-state index contributed by atoms with van der Waals surface area (Å²) in [5.41, 5.74) is 5.46. The van der Waals surface area contributed by atoms with E-state index in [1.807, 2.05) is 68.1 Å². The maximum absolute atomic E-state index is 13.8. The highest BCUT2D eigenvalue weighted by Crippen LogP contribution is 2.39. The number of carbonyl (C=O) groups excluding carboxylic acids is 2. The first kappa shape index (κ1) is 31.2. The van der Waals surface area contributed by atoms with Crippen LogP contribution in [0.5, 0.6) is 0 Å². The maximum atomic E-state index is 13.8. The van der Waals surface area contributed by atoms with E-state index in [4.69, 9.17) is 16.4 Å². The number of aryl methyl sites for hydroxylation is 2. The Labute approximate surface area is 270 Å². The van der Waals surface area contributed by atoms with E-state index in [1.54, 1.807) is 10.9 Å². The van der Waals surface area contributed by atoms with Crippen molar-refractivity contribution in [2.75, 3.05) is 0 Å². The molecular formula is C37H41N7O2. The van der Waals surface area contributed by atoms with Gasteiger partial charge in [-0.05, 0) is 68.4 Å². The van der Waals surface area contributed by atoms with Gasteiger partial charge in [0.05, 0.1) is 29.1 Å². The zero-order valence-corrected chi connectivity index (χ0v) is 26.4. The van der Waals surface area contributed by atoms with E-state index in [0.717, 1.165) is 90.8 Å². The third-order valence-corrected chi connectivity index (χ3v) is 9.46. The van der Waals surface area contributed by atoms with E-state index in [0.29, 0.717) is 18.9 Å². The molecule has 2 unspecified atom stereocenters. The Balaban J connectivity index is 1.12. The van der Waals surface area contributed by atoms with Crippen molar-refractivity contribution in [3.8, 4) is 23.5 Å². The lowest BCUT2D eigenvalue weighted by atomic mass is 9.73. The van der Waals surface area contributed by atoms with Crippen molar-refractivity contribution in [2.24, 2.45) is 18.9 Å². The van der Waals surface area contributed by atoms with E-state index < -0.39 is 0 Å². The summed E-state index contributed by atoms with van der Waals surface area (Å²) in [4.78, 5) is 39.7. The number of nitrogens with one attached hydrogen (secondary N) is 2. The molecular weight excluding hydrogens is 574 g/mol. The number of pyridine rings is 1. The number of nitrogens with zero attached hydrogens (tertiary/aromatic N) is 5. The molecule has 4 aromatic rings. The highest BCUT2D eigenvalue weighted by Gasteiger charge is 2.34. The Morgan fingerprint density at radius 1 is 1.04 bits per heavy atom. The van der Waals surface area contributed by atoms with Crippen LogP contribution in [0, 0.1) is 24.2 Å². The summed E-state index contributed by atoms with van der Waals surface area (Å²) in [5, 5.41) is 10.5. The monoisotopic (exact) mass is 615 g/mol. The van der Waals surface area contributed by atoms with Gasteiger partial charge in [-0.2, -0.15) is 5.10 Å². The van der Waals surface area contributed by atoms with Crippen LogP contribution in [0.2, 0.25) is 0 Å². The molecule has 9 heteroatoms. The van der Waals surface area contributed by atoms with Gasteiger partial charge in [-0.25, -0.2) is 9.97 Å². The van der Waals surface area contributed by atoms with Crippen LogP contribution < -0.4 is 10.6 Å². The summed E-state index contributed by atoms with van der Waals surface area (Å²) in [6, 6.07) is 14.2. The minimum atomic E-state index is -0.332. The predicted octanol–water partition coefficient (Wildman–Crippen LogP) is 4.91. The standard InChI is InChI=1S/C37H41N7O2/c1-3-27-21-39-34(43-32(27)17-14-31-15-18-35(45)42-31)19-25-9-11-28(12-10-25)36(37(46)40-20-26-7-5-4-6-8-26)33-16-13-29(22-38-33)30-23-41-44(2)24-30/h1,4-8,13,16,21-25,28,31,36H,9-12,14-15,17-20H2,2H3,(H,40,46)(H,42,45)/t25-,28-,31?,36?. The van der Waals surface area contributed by atoms with Crippen LogP contribution in [0.25, 0.3) is 11.1 Å². The first-order chi connectivity index (χ1) is 22.4. The SMILES string of the molecule is C#Cc1cnc(C[C@H]2CC[C@H](C(C(=O)NCc3ccccc3)c3ccc(-c4cnn(C)c4)cn3)CC2)nc1CCC1CCC(=O)N1. The molecule has 0 spiro atoms. The van der Waals surface area contributed by atoms with Gasteiger partial charge in [-0.3, -0.25) is 19.3 Å². The highest BCUT2D eigenvalue weighted by atomic mass is 16.2. The van der Waals surface area contributed by atoms with Crippen LogP contribution >= 0.6 is 0 Å². The lowest BCUT2D eigenvalue weighted by Crippen LogP contribution is -2.35. The molecule has 6 rings (SSSR count). The Hall–Kier alpha value is -4.84. The smallest absolute Gasteiger partial charge is 0.229 e. The lowest BCUT2D eigenvalue weighted by Gasteiger charge is -2.33. The Morgan fingerprint density at radius 2 is 1.87 bits per heavy atom. The molecule has 3 aromatic heterocycles. The molecule has 1 aromatic carbocycles. The molecule has 236 valence electrons. The first-order valence-corrected chi connectivity index (χ1v) is 16.3. The zero-order chi connectivity index (χ0) is 31.9. The van der Waals surface area contributed by atoms with Gasteiger partial charge in [0, 0.05) is 62.2 Å². The van der Waals surface area contributed by atoms with Crippen molar-refractivity contribution in [3.05, 3.63) is 95.6 Å². The Morgan fingerprint density at radius 3 is 2.54 bits per heavy atom. The summed E-state index contributed by atoms with van der Waals surface area (Å²) in [6.45, 7) is 0.486. The van der Waals surface area contributed by atoms with Gasteiger partial charge in [0.2, 0.25) is 11.8 Å². The molecule has 0 bridgehead atoms. The fourth-order valence-corrected chi connectivity index (χ4v) is 6.87. The van der Waals surface area contributed by atoms with E-state index in [2.05, 4.69) is 26.6 Å². The average molecular weight is 616 g/mol. The number of hydrogen-bond donors (Lipinski definition) is 2. The molecule has 2 atom stereocenters. The molecule has 1 aliphatic heterocycles. The first-order valence-electron chi connectivity index (χ1n) is 16.3. The lowest BCUT2D eigenvalue weighted by molar-refractivity contribution is -0.124. The minimum absolute atomic E-state index is 0.0187. The quantitative estimate of drug-likeness (QED) is 0.232. The van der Waals surface area contributed by atoms with Crippen LogP contribution in [0.15, 0.2) is 67.3 Å². The summed E-state index contributed by atoms with van der Waals surface area (Å²) in [7, 11) is 1.89. The third-order valence-electron chi connectivity index (χ3n) is 9.46. The number of rotatable bonds is 11. The number of hydrogen-bond acceptors (Lipinski definition) is 6. The van der Waals surface area contributed by atoms with Gasteiger partial charge < -0.3 is 10.6 Å². The van der Waals surface area contributed by atoms with Gasteiger partial charge in [-0.1, -0.05) is 42.3 Å². The normalized spacial score (nSPS) is 20.1. The van der Waals surface area contributed by atoms with Crippen molar-refractivity contribution >= 4 is 11.8 Å². The van der Waals surface area contributed by atoms with Gasteiger partial charge in [0.25, 0.3) is 0 Å². The maximum Gasteiger partial charge on any atom is 0.229 e. The number of carbonyl (C=O) groups is 2. The topological polar surface area (TPSA) is 115 Å². The van der Waals surface area contributed by atoms with Crippen LogP contribution in [0.4, 0.5) is 0 Å². The van der Waals surface area contributed by atoms with E-state index in [-0.39, 0.29) is 29.7 Å². The van der Waals surface area contributed by atoms with Gasteiger partial charge in [0.15, 0.2) is 0 Å². The second kappa shape index (κ2) is 14.5. The van der Waals surface area contributed by atoms with Crippen LogP contribution in [-0.2, 0) is 36.0 Å². The van der Waals surface area contributed by atoms with Crippen LogP contribution in [0.1, 0.15) is 79.2 Å². The number of amides is 2. The summed E-state index contributed by atoms with van der Waals surface area (Å²) < 4.78 is 1.77. The second-order valence-corrected chi connectivity index (χ2v) is 12.7. The molecule has 2 amide bonds. The molecule has 1 saturated heterocycles. The van der Waals surface area contributed by atoms with Gasteiger partial charge >= 0.3 is 0 Å². The predicted molar refractivity (Wildman–Crippen MR) is 176 cm³/mol. The van der Waals surface area contributed by atoms with Crippen molar-refractivity contribution in [1.82, 2.24) is 35.4 Å². The molecule has 1 aliphatic carbocycles. The number of terminal acetylenes is 1. The molecule has 0 radical (unpaired) electrons. The number of benzene rings is 1. The van der Waals surface area contributed by atoms with Crippen molar-refractivity contribution in [1.29, 1.82) is 0 Å². The molecule has 4 heterocycles. The molecule has 1 saturated carbocycles. The van der Waals surface area contributed by atoms with Crippen LogP contribution in [-0.4, -0.2) is 42.6 Å². The Kier molecular flexibility index (Phi) is 9.82. The van der Waals surface area contributed by atoms with Crippen molar-refractivity contribution < 1.29 is 9.59 Å². The highest BCUT2D eigenvalue weighted by molar-refractivity contribution is 5.83. The largest absolute Gasteiger partial charge is 0.353 e. The molecule has 46 heavy (non-hydrogen) atoms. The van der Waals surface area contributed by atoms with Gasteiger partial charge in [-0.15, -0.1) is 6.42 Å². The zero-order valence-electron chi connectivity index (χ0n) is 26.4. The van der Waals surface area contributed by atoms with E-state index in [9.17, 15) is 9.59 Å². The Bertz CT molecular complexity index is 1680. The summed E-state index contributed by atoms with van der Waals surface area (Å²) in [5.74, 6) is 3.97. The minimum Gasteiger partial charge on any atom is -0.353 e. The second-order valence-electron chi connectivity index (χ2n) is 12.7. The third kappa shape index (κ3) is 7.68. The fraction of sp³-hybridized carbons (Fsp3) is 0.405. The number of aromatic nitrogens is 5. The molecule has 2 N–H and O–H groups in total. The van der Waals surface area contributed by atoms with E-state index >= 15 is 0 Å². The fourth-order valence-electron chi connectivity index (χ4n) is 6.87. The average Bonchev–Trinajstić information content (AvgIpc) is 3.72. The molecule has 9 nitrogen and oxygen atoms in total. The summed E-state index contributed by atoms with van der Waals surface area (Å²) >= 11 is 0. The van der Waals surface area contributed by atoms with Crippen molar-refractivity contribution in [3.63, 3.8) is 0 Å². The van der Waals surface area contributed by atoms with Gasteiger partial charge in [0.1, 0.15) is 5.82 Å².